The summed E-state index contributed by atoms with van der Waals surface area (Å²) >= 11 is 5.81. The number of nitrogens with two attached hydrogens (primary N) is 1. The van der Waals surface area contributed by atoms with Crippen LogP contribution in [-0.2, 0) is 6.18 Å². The first kappa shape index (κ1) is 15.2. The van der Waals surface area contributed by atoms with Gasteiger partial charge in [0.25, 0.3) is 0 Å². The number of halogens is 4. The first-order valence-corrected chi connectivity index (χ1v) is 6.69. The Labute approximate surface area is 133 Å². The fraction of sp³-hybridized carbons (Fsp3) is 0.143. The zero-order valence-electron chi connectivity index (χ0n) is 11.3. The van der Waals surface area contributed by atoms with E-state index in [4.69, 9.17) is 22.1 Å². The highest BCUT2D eigenvalue weighted by Crippen LogP contribution is 2.46. The van der Waals surface area contributed by atoms with Gasteiger partial charge >= 0.3 is 6.18 Å². The van der Waals surface area contributed by atoms with Crippen molar-refractivity contribution >= 4 is 11.6 Å². The molecule has 23 heavy (non-hydrogen) atoms. The van der Waals surface area contributed by atoms with E-state index in [0.29, 0.717) is 10.6 Å². The molecule has 0 saturated carbocycles. The maximum Gasteiger partial charge on any atom is 0.433 e. The summed E-state index contributed by atoms with van der Waals surface area (Å²) in [5.41, 5.74) is 4.61. The van der Waals surface area contributed by atoms with Gasteiger partial charge in [0.15, 0.2) is 0 Å². The van der Waals surface area contributed by atoms with Crippen molar-refractivity contribution < 1.29 is 17.9 Å². The van der Waals surface area contributed by atoms with Gasteiger partial charge in [-0.15, -0.1) is 5.10 Å². The predicted octanol–water partition coefficient (Wildman–Crippen LogP) is 3.30. The summed E-state index contributed by atoms with van der Waals surface area (Å²) in [6.45, 7) is 0. The summed E-state index contributed by atoms with van der Waals surface area (Å²) in [6, 6.07) is 7.91. The molecule has 1 aliphatic rings. The summed E-state index contributed by atoms with van der Waals surface area (Å²) in [7, 11) is 0. The molecule has 1 aromatic carbocycles. The van der Waals surface area contributed by atoms with Crippen LogP contribution in [0.4, 0.5) is 13.2 Å². The van der Waals surface area contributed by atoms with E-state index in [1.54, 1.807) is 0 Å². The lowest BCUT2D eigenvalue weighted by atomic mass is 9.84. The molecule has 118 valence electrons. The monoisotopic (exact) mass is 340 g/mol. The van der Waals surface area contributed by atoms with Gasteiger partial charge in [-0.1, -0.05) is 23.7 Å². The van der Waals surface area contributed by atoms with Crippen LogP contribution in [0.15, 0.2) is 35.7 Å². The van der Waals surface area contributed by atoms with E-state index in [1.165, 1.54) is 24.3 Å². The van der Waals surface area contributed by atoms with Gasteiger partial charge in [-0.05, 0) is 17.7 Å². The van der Waals surface area contributed by atoms with Gasteiger partial charge in [-0.3, -0.25) is 5.10 Å². The van der Waals surface area contributed by atoms with Crippen LogP contribution in [0.2, 0.25) is 5.02 Å². The highest BCUT2D eigenvalue weighted by Gasteiger charge is 2.44. The fourth-order valence-corrected chi connectivity index (χ4v) is 2.58. The molecule has 0 fully saturated rings. The van der Waals surface area contributed by atoms with Crippen LogP contribution in [0.5, 0.6) is 5.88 Å². The van der Waals surface area contributed by atoms with Crippen molar-refractivity contribution in [1.82, 2.24) is 10.2 Å². The second-order valence-corrected chi connectivity index (χ2v) is 5.23. The number of hydrogen-bond donors (Lipinski definition) is 2. The van der Waals surface area contributed by atoms with E-state index in [1.807, 2.05) is 11.2 Å². The molecule has 0 radical (unpaired) electrons. The highest BCUT2D eigenvalue weighted by atomic mass is 35.5. The van der Waals surface area contributed by atoms with Crippen LogP contribution in [0.3, 0.4) is 0 Å². The topological polar surface area (TPSA) is 87.7 Å². The number of alkyl halides is 3. The molecule has 0 spiro atoms. The van der Waals surface area contributed by atoms with E-state index in [0.717, 1.165) is 0 Å². The Kier molecular flexibility index (Phi) is 3.45. The van der Waals surface area contributed by atoms with Crippen LogP contribution in [0.1, 0.15) is 22.7 Å². The molecule has 9 heteroatoms. The molecule has 0 bridgehead atoms. The Morgan fingerprint density at radius 2 is 1.96 bits per heavy atom. The largest absolute Gasteiger partial charge is 0.433 e. The number of hydrogen-bond acceptors (Lipinski definition) is 4. The Morgan fingerprint density at radius 1 is 1.30 bits per heavy atom. The van der Waals surface area contributed by atoms with Gasteiger partial charge < -0.3 is 10.5 Å². The van der Waals surface area contributed by atoms with Gasteiger partial charge in [0.1, 0.15) is 17.3 Å². The molecule has 0 unspecified atom stereocenters. The van der Waals surface area contributed by atoms with E-state index < -0.39 is 17.8 Å². The van der Waals surface area contributed by atoms with Crippen LogP contribution < -0.4 is 10.5 Å². The average Bonchev–Trinajstić information content (AvgIpc) is 2.90. The number of fused-ring (bicyclic) bond motifs is 1. The number of aromatic nitrogens is 2. The predicted molar refractivity (Wildman–Crippen MR) is 74.3 cm³/mol. The molecule has 0 aliphatic carbocycles. The number of H-pyrrole nitrogens is 1. The molecule has 1 aromatic heterocycles. The quantitative estimate of drug-likeness (QED) is 0.833. The van der Waals surface area contributed by atoms with Crippen molar-refractivity contribution in [2.75, 3.05) is 0 Å². The summed E-state index contributed by atoms with van der Waals surface area (Å²) in [5, 5.41) is 15.1. The molecule has 3 rings (SSSR count). The Balaban J connectivity index is 2.26. The number of benzene rings is 1. The number of aromatic amines is 1. The van der Waals surface area contributed by atoms with Crippen LogP contribution in [-0.4, -0.2) is 10.2 Å². The van der Waals surface area contributed by atoms with Gasteiger partial charge in [-0.2, -0.15) is 18.4 Å². The number of nitrogens with one attached hydrogen (secondary N) is 1. The molecule has 1 aliphatic heterocycles. The fourth-order valence-electron chi connectivity index (χ4n) is 2.45. The minimum Gasteiger partial charge on any atom is -0.420 e. The Bertz CT molecular complexity index is 833. The lowest BCUT2D eigenvalue weighted by Gasteiger charge is -2.24. The second kappa shape index (κ2) is 5.21. The summed E-state index contributed by atoms with van der Waals surface area (Å²) in [5.74, 6) is -1.62. The number of nitriles is 1. The molecule has 5 nitrogen and oxygen atoms in total. The van der Waals surface area contributed by atoms with Crippen molar-refractivity contribution in [2.24, 2.45) is 5.73 Å². The number of nitrogens with zero attached hydrogens (tertiary/aromatic N) is 2. The van der Waals surface area contributed by atoms with Gasteiger partial charge in [-0.25, -0.2) is 0 Å². The average molecular weight is 341 g/mol. The molecule has 2 heterocycles. The third-order valence-corrected chi connectivity index (χ3v) is 3.68. The molecule has 0 saturated heterocycles. The van der Waals surface area contributed by atoms with Crippen LogP contribution in [0.25, 0.3) is 0 Å². The zero-order chi connectivity index (χ0) is 16.8. The van der Waals surface area contributed by atoms with E-state index in [9.17, 15) is 18.4 Å². The summed E-state index contributed by atoms with van der Waals surface area (Å²) in [6.07, 6.45) is -4.68. The van der Waals surface area contributed by atoms with Crippen molar-refractivity contribution in [3.8, 4) is 11.9 Å². The lowest BCUT2D eigenvalue weighted by molar-refractivity contribution is -0.141. The maximum absolute atomic E-state index is 13.2. The first-order valence-electron chi connectivity index (χ1n) is 6.31. The van der Waals surface area contributed by atoms with Gasteiger partial charge in [0.05, 0.1) is 11.5 Å². The molecule has 1 atom stereocenters. The molecular weight excluding hydrogens is 333 g/mol. The zero-order valence-corrected chi connectivity index (χ0v) is 12.0. The van der Waals surface area contributed by atoms with E-state index in [-0.39, 0.29) is 22.9 Å². The summed E-state index contributed by atoms with van der Waals surface area (Å²) < 4.78 is 44.7. The standard InChI is InChI=1S/C14H8ClF3N4O/c15-7-3-1-6(2-4-7)9-8(5-19)12(20)23-13-10(9)11(21-22-13)14(16,17)18/h1-4,9H,20H2,(H,21,22)/t9-/m0/s1. The normalized spacial score (nSPS) is 17.4. The first-order chi connectivity index (χ1) is 10.8. The van der Waals surface area contributed by atoms with E-state index in [2.05, 4.69) is 5.10 Å². The smallest absolute Gasteiger partial charge is 0.420 e. The SMILES string of the molecule is N#CC1=C(N)Oc2n[nH]c(C(F)(F)F)c2[C@H]1c1ccc(Cl)cc1. The van der Waals surface area contributed by atoms with Crippen LogP contribution >= 0.6 is 11.6 Å². The number of allylic oxidation sites excluding steroid dienone is 1. The minimum absolute atomic E-state index is 0.119. The van der Waals surface area contributed by atoms with Crippen molar-refractivity contribution in [3.05, 3.63) is 57.6 Å². The molecule has 0 amide bonds. The van der Waals surface area contributed by atoms with E-state index >= 15 is 0 Å². The Morgan fingerprint density at radius 3 is 2.52 bits per heavy atom. The number of ether oxygens (including phenoxy) is 1. The molecule has 2 aromatic rings. The van der Waals surface area contributed by atoms with Crippen LogP contribution in [0, 0.1) is 11.3 Å². The second-order valence-electron chi connectivity index (χ2n) is 4.79. The maximum atomic E-state index is 13.2. The third kappa shape index (κ3) is 2.49. The highest BCUT2D eigenvalue weighted by molar-refractivity contribution is 6.30. The molecular formula is C14H8ClF3N4O. The van der Waals surface area contributed by atoms with Crippen molar-refractivity contribution in [1.29, 1.82) is 5.26 Å². The summed E-state index contributed by atoms with van der Waals surface area (Å²) in [4.78, 5) is 0. The lowest BCUT2D eigenvalue weighted by Crippen LogP contribution is -2.22. The number of rotatable bonds is 1. The molecule has 3 N–H and O–H groups in total. The van der Waals surface area contributed by atoms with Crippen molar-refractivity contribution in [2.45, 2.75) is 12.1 Å². The minimum atomic E-state index is -4.68. The third-order valence-electron chi connectivity index (χ3n) is 3.43. The van der Waals surface area contributed by atoms with Gasteiger partial charge in [0.2, 0.25) is 11.8 Å². The van der Waals surface area contributed by atoms with Gasteiger partial charge in [0, 0.05) is 5.02 Å². The Hall–Kier alpha value is -2.66. The van der Waals surface area contributed by atoms with Crippen molar-refractivity contribution in [3.63, 3.8) is 0 Å².